The number of nitrogens with one attached hydrogen (secondary N) is 1. The highest BCUT2D eigenvalue weighted by Gasteiger charge is 2.31. The van der Waals surface area contributed by atoms with E-state index in [2.05, 4.69) is 19.2 Å². The van der Waals surface area contributed by atoms with Crippen LogP contribution in [0.2, 0.25) is 0 Å². The van der Waals surface area contributed by atoms with E-state index in [1.54, 1.807) is 6.92 Å². The first-order valence-electron chi connectivity index (χ1n) is 6.31. The molecule has 0 amide bonds. The van der Waals surface area contributed by atoms with Crippen molar-refractivity contribution in [3.8, 4) is 0 Å². The predicted octanol–water partition coefficient (Wildman–Crippen LogP) is 1.98. The van der Waals surface area contributed by atoms with Crippen molar-refractivity contribution in [3.63, 3.8) is 0 Å². The second-order valence-corrected chi connectivity index (χ2v) is 7.95. The first-order chi connectivity index (χ1) is 7.37. The molecular weight excluding hydrogens is 222 g/mol. The minimum absolute atomic E-state index is 0.253. The minimum atomic E-state index is -2.82. The average molecular weight is 247 g/mol. The van der Waals surface area contributed by atoms with Crippen LogP contribution in [0.1, 0.15) is 46.5 Å². The van der Waals surface area contributed by atoms with Gasteiger partial charge in [-0.15, -0.1) is 0 Å². The highest BCUT2D eigenvalue weighted by atomic mass is 32.2. The van der Waals surface area contributed by atoms with Gasteiger partial charge in [0.05, 0.1) is 5.75 Å². The Kier molecular flexibility index (Phi) is 4.80. The van der Waals surface area contributed by atoms with Gasteiger partial charge in [-0.05, 0) is 18.3 Å². The Bertz CT molecular complexity index is 309. The van der Waals surface area contributed by atoms with Crippen LogP contribution in [0.15, 0.2) is 0 Å². The maximum atomic E-state index is 11.4. The summed E-state index contributed by atoms with van der Waals surface area (Å²) in [6.45, 7) is 6.86. The molecule has 1 aliphatic rings. The van der Waals surface area contributed by atoms with Crippen molar-refractivity contribution in [1.29, 1.82) is 0 Å². The molecule has 1 fully saturated rings. The second-order valence-electron chi connectivity index (χ2n) is 5.48. The quantitative estimate of drug-likeness (QED) is 0.808. The largest absolute Gasteiger partial charge is 0.312 e. The lowest BCUT2D eigenvalue weighted by molar-refractivity contribution is 0.170. The molecule has 0 aromatic rings. The van der Waals surface area contributed by atoms with E-state index in [0.717, 1.165) is 0 Å². The van der Waals surface area contributed by atoms with Gasteiger partial charge in [0, 0.05) is 18.3 Å². The zero-order valence-electron chi connectivity index (χ0n) is 10.8. The molecule has 0 aromatic carbocycles. The third-order valence-corrected chi connectivity index (χ3v) is 5.46. The summed E-state index contributed by atoms with van der Waals surface area (Å²) in [7, 11) is -2.82. The lowest BCUT2D eigenvalue weighted by atomic mass is 9.73. The van der Waals surface area contributed by atoms with Gasteiger partial charge in [0.1, 0.15) is 0 Å². The SMILES string of the molecule is CCS(=O)(=O)CCNC1CCCCC1(C)C. The molecule has 1 aliphatic carbocycles. The van der Waals surface area contributed by atoms with Gasteiger partial charge < -0.3 is 5.32 Å². The molecule has 0 heterocycles. The number of hydrogen-bond acceptors (Lipinski definition) is 3. The molecule has 3 nitrogen and oxygen atoms in total. The molecule has 0 aromatic heterocycles. The van der Waals surface area contributed by atoms with Gasteiger partial charge >= 0.3 is 0 Å². The van der Waals surface area contributed by atoms with Crippen LogP contribution in [0.5, 0.6) is 0 Å². The smallest absolute Gasteiger partial charge is 0.151 e. The van der Waals surface area contributed by atoms with E-state index in [1.165, 1.54) is 25.7 Å². The molecule has 0 saturated heterocycles. The Morgan fingerprint density at radius 2 is 2.00 bits per heavy atom. The molecule has 0 radical (unpaired) electrons. The van der Waals surface area contributed by atoms with Crippen LogP contribution in [0, 0.1) is 5.41 Å². The molecule has 0 aliphatic heterocycles. The Balaban J connectivity index is 2.37. The van der Waals surface area contributed by atoms with Crippen LogP contribution in [-0.2, 0) is 9.84 Å². The van der Waals surface area contributed by atoms with Crippen molar-refractivity contribution < 1.29 is 8.42 Å². The fourth-order valence-corrected chi connectivity index (χ4v) is 3.12. The zero-order chi connectivity index (χ0) is 12.2. The molecule has 1 N–H and O–H groups in total. The third-order valence-electron chi connectivity index (χ3n) is 3.75. The first-order valence-corrected chi connectivity index (χ1v) is 8.13. The Morgan fingerprint density at radius 1 is 1.31 bits per heavy atom. The second kappa shape index (κ2) is 5.50. The Labute approximate surface area is 99.9 Å². The average Bonchev–Trinajstić information content (AvgIpc) is 2.20. The van der Waals surface area contributed by atoms with Crippen molar-refractivity contribution in [3.05, 3.63) is 0 Å². The molecular formula is C12H25NO2S. The fraction of sp³-hybridized carbons (Fsp3) is 1.00. The standard InChI is InChI=1S/C12H25NO2S/c1-4-16(14,15)10-9-13-11-7-5-6-8-12(11,2)3/h11,13H,4-10H2,1-3H3. The number of hydrogen-bond donors (Lipinski definition) is 1. The fourth-order valence-electron chi connectivity index (χ4n) is 2.41. The molecule has 96 valence electrons. The van der Waals surface area contributed by atoms with Gasteiger partial charge in [0.2, 0.25) is 0 Å². The first kappa shape index (κ1) is 14.0. The van der Waals surface area contributed by atoms with E-state index in [1.807, 2.05) is 0 Å². The van der Waals surface area contributed by atoms with Crippen molar-refractivity contribution in [2.45, 2.75) is 52.5 Å². The van der Waals surface area contributed by atoms with Crippen LogP contribution in [0.25, 0.3) is 0 Å². The monoisotopic (exact) mass is 247 g/mol. The third kappa shape index (κ3) is 4.06. The molecule has 1 unspecified atom stereocenters. The van der Waals surface area contributed by atoms with E-state index < -0.39 is 9.84 Å². The lowest BCUT2D eigenvalue weighted by Crippen LogP contribution is -2.45. The van der Waals surface area contributed by atoms with E-state index >= 15 is 0 Å². The molecule has 16 heavy (non-hydrogen) atoms. The van der Waals surface area contributed by atoms with Crippen LogP contribution < -0.4 is 5.32 Å². The van der Waals surface area contributed by atoms with E-state index in [9.17, 15) is 8.42 Å². The topological polar surface area (TPSA) is 46.2 Å². The summed E-state index contributed by atoms with van der Waals surface area (Å²) < 4.78 is 22.7. The summed E-state index contributed by atoms with van der Waals surface area (Å²) in [5.74, 6) is 0.527. The normalized spacial score (nSPS) is 25.6. The van der Waals surface area contributed by atoms with Gasteiger partial charge in [-0.2, -0.15) is 0 Å². The maximum Gasteiger partial charge on any atom is 0.151 e. The van der Waals surface area contributed by atoms with Gasteiger partial charge in [-0.1, -0.05) is 33.6 Å². The van der Waals surface area contributed by atoms with Crippen molar-refractivity contribution >= 4 is 9.84 Å². The predicted molar refractivity (Wildman–Crippen MR) is 68.4 cm³/mol. The summed E-state index contributed by atoms with van der Waals surface area (Å²) in [5, 5.41) is 3.42. The summed E-state index contributed by atoms with van der Waals surface area (Å²) >= 11 is 0. The van der Waals surface area contributed by atoms with E-state index in [-0.39, 0.29) is 11.5 Å². The number of rotatable bonds is 5. The summed E-state index contributed by atoms with van der Waals surface area (Å²) in [6.07, 6.45) is 4.99. The highest BCUT2D eigenvalue weighted by molar-refractivity contribution is 7.91. The summed E-state index contributed by atoms with van der Waals surface area (Å²) in [4.78, 5) is 0. The summed E-state index contributed by atoms with van der Waals surface area (Å²) in [5.41, 5.74) is 0.314. The van der Waals surface area contributed by atoms with Crippen LogP contribution >= 0.6 is 0 Å². The Hall–Kier alpha value is -0.0900. The lowest BCUT2D eigenvalue weighted by Gasteiger charge is -2.39. The summed E-state index contributed by atoms with van der Waals surface area (Å²) in [6, 6.07) is 0.480. The van der Waals surface area contributed by atoms with Crippen LogP contribution in [-0.4, -0.2) is 32.5 Å². The van der Waals surface area contributed by atoms with Gasteiger partial charge in [-0.25, -0.2) is 8.42 Å². The zero-order valence-corrected chi connectivity index (χ0v) is 11.6. The molecule has 1 rings (SSSR count). The highest BCUT2D eigenvalue weighted by Crippen LogP contribution is 2.35. The van der Waals surface area contributed by atoms with Crippen molar-refractivity contribution in [2.75, 3.05) is 18.1 Å². The molecule has 0 spiro atoms. The molecule has 0 bridgehead atoms. The molecule has 4 heteroatoms. The van der Waals surface area contributed by atoms with Crippen LogP contribution in [0.4, 0.5) is 0 Å². The van der Waals surface area contributed by atoms with E-state index in [0.29, 0.717) is 18.0 Å². The van der Waals surface area contributed by atoms with E-state index in [4.69, 9.17) is 0 Å². The molecule has 1 atom stereocenters. The maximum absolute atomic E-state index is 11.4. The van der Waals surface area contributed by atoms with Gasteiger partial charge in [-0.3, -0.25) is 0 Å². The molecule has 1 saturated carbocycles. The van der Waals surface area contributed by atoms with Crippen LogP contribution in [0.3, 0.4) is 0 Å². The minimum Gasteiger partial charge on any atom is -0.312 e. The Morgan fingerprint density at radius 3 is 2.56 bits per heavy atom. The van der Waals surface area contributed by atoms with Crippen molar-refractivity contribution in [2.24, 2.45) is 5.41 Å². The van der Waals surface area contributed by atoms with Gasteiger partial charge in [0.15, 0.2) is 9.84 Å². The van der Waals surface area contributed by atoms with Gasteiger partial charge in [0.25, 0.3) is 0 Å². The van der Waals surface area contributed by atoms with Crippen molar-refractivity contribution in [1.82, 2.24) is 5.32 Å². The number of sulfone groups is 1.